The van der Waals surface area contributed by atoms with E-state index in [-0.39, 0.29) is 12.6 Å². The molecule has 0 bridgehead atoms. The maximum Gasteiger partial charge on any atom is 0.0619 e. The highest BCUT2D eigenvalue weighted by Crippen LogP contribution is 2.06. The highest BCUT2D eigenvalue weighted by Gasteiger charge is 2.14. The van der Waals surface area contributed by atoms with Gasteiger partial charge < -0.3 is 15.2 Å². The fraction of sp³-hybridized carbons (Fsp3) is 1.00. The lowest BCUT2D eigenvalue weighted by Gasteiger charge is -2.25. The van der Waals surface area contributed by atoms with Crippen LogP contribution in [0.5, 0.6) is 0 Å². The van der Waals surface area contributed by atoms with Gasteiger partial charge in [0.05, 0.1) is 13.2 Å². The Kier molecular flexibility index (Phi) is 3.83. The number of ether oxygens (including phenoxy) is 1. The molecule has 2 atom stereocenters. The van der Waals surface area contributed by atoms with E-state index in [4.69, 9.17) is 9.84 Å². The van der Waals surface area contributed by atoms with Crippen LogP contribution in [0.4, 0.5) is 0 Å². The third kappa shape index (κ3) is 3.18. The average molecular weight is 159 g/mol. The monoisotopic (exact) mass is 159 g/mol. The minimum atomic E-state index is 0.196. The molecule has 1 saturated heterocycles. The Morgan fingerprint density at radius 3 is 3.09 bits per heavy atom. The largest absolute Gasteiger partial charge is 0.395 e. The van der Waals surface area contributed by atoms with Gasteiger partial charge >= 0.3 is 0 Å². The summed E-state index contributed by atoms with van der Waals surface area (Å²) in [6.07, 6.45) is 2.31. The molecule has 3 heteroatoms. The molecule has 1 aliphatic rings. The number of hydrogen-bond acceptors (Lipinski definition) is 3. The minimum absolute atomic E-state index is 0.196. The normalized spacial score (nSPS) is 28.4. The number of aliphatic hydroxyl groups is 1. The van der Waals surface area contributed by atoms with Crippen molar-refractivity contribution in [3.63, 3.8) is 0 Å². The fourth-order valence-corrected chi connectivity index (χ4v) is 1.33. The van der Waals surface area contributed by atoms with Crippen LogP contribution in [-0.2, 0) is 4.74 Å². The molecule has 1 fully saturated rings. The van der Waals surface area contributed by atoms with Gasteiger partial charge in [-0.25, -0.2) is 0 Å². The molecular formula is C8H17NO2. The summed E-state index contributed by atoms with van der Waals surface area (Å²) in [7, 11) is 0. The summed E-state index contributed by atoms with van der Waals surface area (Å²) in [4.78, 5) is 0. The Labute approximate surface area is 67.7 Å². The quantitative estimate of drug-likeness (QED) is 0.615. The number of rotatable bonds is 3. The summed E-state index contributed by atoms with van der Waals surface area (Å²) in [6.45, 7) is 3.88. The zero-order valence-corrected chi connectivity index (χ0v) is 7.05. The predicted octanol–water partition coefficient (Wildman–Crippen LogP) is 0.136. The van der Waals surface area contributed by atoms with Crippen molar-refractivity contribution in [1.82, 2.24) is 5.32 Å². The van der Waals surface area contributed by atoms with Gasteiger partial charge in [-0.3, -0.25) is 0 Å². The molecule has 0 aromatic carbocycles. The van der Waals surface area contributed by atoms with E-state index in [9.17, 15) is 0 Å². The van der Waals surface area contributed by atoms with Gasteiger partial charge in [0.15, 0.2) is 0 Å². The van der Waals surface area contributed by atoms with Crippen molar-refractivity contribution in [2.24, 2.45) is 0 Å². The van der Waals surface area contributed by atoms with Crippen molar-refractivity contribution in [2.75, 3.05) is 19.8 Å². The van der Waals surface area contributed by atoms with Crippen molar-refractivity contribution in [1.29, 1.82) is 0 Å². The van der Waals surface area contributed by atoms with Gasteiger partial charge in [-0.15, -0.1) is 0 Å². The third-order valence-electron chi connectivity index (χ3n) is 1.95. The first-order valence-corrected chi connectivity index (χ1v) is 4.27. The summed E-state index contributed by atoms with van der Waals surface area (Å²) in [5, 5.41) is 12.1. The van der Waals surface area contributed by atoms with Crippen LogP contribution in [0.2, 0.25) is 0 Å². The Morgan fingerprint density at radius 1 is 1.73 bits per heavy atom. The maximum atomic E-state index is 8.76. The molecule has 0 aliphatic carbocycles. The molecule has 1 rings (SSSR count). The second-order valence-electron chi connectivity index (χ2n) is 3.16. The average Bonchev–Trinajstić information content (AvgIpc) is 2.06. The highest BCUT2D eigenvalue weighted by atomic mass is 16.5. The molecule has 2 unspecified atom stereocenters. The van der Waals surface area contributed by atoms with Crippen molar-refractivity contribution < 1.29 is 9.84 Å². The lowest BCUT2D eigenvalue weighted by Crippen LogP contribution is -2.43. The molecule has 0 aromatic rings. The molecule has 1 aliphatic heterocycles. The van der Waals surface area contributed by atoms with Gasteiger partial charge in [-0.05, 0) is 19.8 Å². The zero-order valence-electron chi connectivity index (χ0n) is 7.05. The predicted molar refractivity (Wildman–Crippen MR) is 43.5 cm³/mol. The molecule has 1 heterocycles. The molecule has 2 N–H and O–H groups in total. The van der Waals surface area contributed by atoms with E-state index in [2.05, 4.69) is 5.32 Å². The SMILES string of the molecule is CC(CO)NC1CCCOC1. The summed E-state index contributed by atoms with van der Waals surface area (Å²) in [5.41, 5.74) is 0. The third-order valence-corrected chi connectivity index (χ3v) is 1.95. The van der Waals surface area contributed by atoms with E-state index in [0.717, 1.165) is 19.6 Å². The van der Waals surface area contributed by atoms with E-state index < -0.39 is 0 Å². The van der Waals surface area contributed by atoms with Crippen LogP contribution in [0.1, 0.15) is 19.8 Å². The van der Waals surface area contributed by atoms with Crippen LogP contribution in [0.25, 0.3) is 0 Å². The molecule has 0 saturated carbocycles. The maximum absolute atomic E-state index is 8.76. The van der Waals surface area contributed by atoms with Gasteiger partial charge in [-0.2, -0.15) is 0 Å². The Hall–Kier alpha value is -0.120. The number of aliphatic hydroxyl groups excluding tert-OH is 1. The molecule has 3 nitrogen and oxygen atoms in total. The van der Waals surface area contributed by atoms with Crippen LogP contribution in [0.15, 0.2) is 0 Å². The summed E-state index contributed by atoms with van der Waals surface area (Å²) < 4.78 is 5.28. The second kappa shape index (κ2) is 4.70. The van der Waals surface area contributed by atoms with Gasteiger partial charge in [0, 0.05) is 18.7 Å². The lowest BCUT2D eigenvalue weighted by molar-refractivity contribution is 0.0636. The van der Waals surface area contributed by atoms with E-state index in [1.54, 1.807) is 0 Å². The molecule has 0 aromatic heterocycles. The molecule has 0 radical (unpaired) electrons. The number of hydrogen-bond donors (Lipinski definition) is 2. The summed E-state index contributed by atoms with van der Waals surface area (Å²) in [6, 6.07) is 0.646. The first-order chi connectivity index (χ1) is 5.33. The molecular weight excluding hydrogens is 142 g/mol. The van der Waals surface area contributed by atoms with E-state index in [1.165, 1.54) is 6.42 Å². The Balaban J connectivity index is 2.13. The lowest BCUT2D eigenvalue weighted by atomic mass is 10.1. The Morgan fingerprint density at radius 2 is 2.55 bits per heavy atom. The molecule has 11 heavy (non-hydrogen) atoms. The van der Waals surface area contributed by atoms with Gasteiger partial charge in [0.25, 0.3) is 0 Å². The second-order valence-corrected chi connectivity index (χ2v) is 3.16. The molecule has 0 spiro atoms. The first-order valence-electron chi connectivity index (χ1n) is 4.27. The van der Waals surface area contributed by atoms with E-state index in [1.807, 2.05) is 6.92 Å². The van der Waals surface area contributed by atoms with Crippen molar-refractivity contribution >= 4 is 0 Å². The van der Waals surface area contributed by atoms with Crippen LogP contribution >= 0.6 is 0 Å². The van der Waals surface area contributed by atoms with Crippen molar-refractivity contribution in [3.05, 3.63) is 0 Å². The minimum Gasteiger partial charge on any atom is -0.395 e. The summed E-state index contributed by atoms with van der Waals surface area (Å²) >= 11 is 0. The van der Waals surface area contributed by atoms with E-state index >= 15 is 0 Å². The molecule has 0 amide bonds. The van der Waals surface area contributed by atoms with Gasteiger partial charge in [0.2, 0.25) is 0 Å². The van der Waals surface area contributed by atoms with Gasteiger partial charge in [-0.1, -0.05) is 0 Å². The van der Waals surface area contributed by atoms with Crippen LogP contribution < -0.4 is 5.32 Å². The summed E-state index contributed by atoms with van der Waals surface area (Å²) in [5.74, 6) is 0. The highest BCUT2D eigenvalue weighted by molar-refractivity contribution is 4.73. The standard InChI is InChI=1S/C8H17NO2/c1-7(5-10)9-8-3-2-4-11-6-8/h7-10H,2-6H2,1H3. The van der Waals surface area contributed by atoms with Crippen molar-refractivity contribution in [2.45, 2.75) is 31.8 Å². The number of nitrogens with one attached hydrogen (secondary N) is 1. The van der Waals surface area contributed by atoms with Crippen LogP contribution in [0.3, 0.4) is 0 Å². The molecule has 66 valence electrons. The zero-order chi connectivity index (χ0) is 8.10. The van der Waals surface area contributed by atoms with Gasteiger partial charge in [0.1, 0.15) is 0 Å². The smallest absolute Gasteiger partial charge is 0.0619 e. The van der Waals surface area contributed by atoms with E-state index in [0.29, 0.717) is 6.04 Å². The fourth-order valence-electron chi connectivity index (χ4n) is 1.33. The first kappa shape index (κ1) is 8.97. The van der Waals surface area contributed by atoms with Crippen molar-refractivity contribution in [3.8, 4) is 0 Å². The topological polar surface area (TPSA) is 41.5 Å². The Bertz CT molecular complexity index is 102. The van der Waals surface area contributed by atoms with Crippen LogP contribution in [0, 0.1) is 0 Å². The van der Waals surface area contributed by atoms with Crippen LogP contribution in [-0.4, -0.2) is 37.0 Å².